The van der Waals surface area contributed by atoms with Gasteiger partial charge in [-0.05, 0) is 27.7 Å². The van der Waals surface area contributed by atoms with Gasteiger partial charge in [0.1, 0.15) is 0 Å². The maximum Gasteiger partial charge on any atom is 0.348 e. The monoisotopic (exact) mass is 185 g/mol. The molecule has 1 unspecified atom stereocenters. The van der Waals surface area contributed by atoms with E-state index < -0.39 is 17.2 Å². The number of rotatable bonds is 1. The van der Waals surface area contributed by atoms with Crippen LogP contribution in [0, 0.1) is 0 Å². The lowest BCUT2D eigenvalue weighted by molar-refractivity contribution is -0.247. The van der Waals surface area contributed by atoms with Crippen LogP contribution in [0.2, 0.25) is 0 Å². The molecule has 1 heterocycles. The minimum atomic E-state index is -1.66. The molecule has 0 aromatic rings. The van der Waals surface area contributed by atoms with E-state index in [0.717, 1.165) is 0 Å². The van der Waals surface area contributed by atoms with E-state index in [1.807, 2.05) is 0 Å². The third-order valence-electron chi connectivity index (χ3n) is 2.58. The van der Waals surface area contributed by atoms with Gasteiger partial charge in [0.15, 0.2) is 0 Å². The van der Waals surface area contributed by atoms with Gasteiger partial charge in [-0.25, -0.2) is 4.79 Å². The first kappa shape index (κ1) is 10.1. The van der Waals surface area contributed by atoms with Crippen molar-refractivity contribution in [3.05, 3.63) is 0 Å². The Kier molecular flexibility index (Phi) is 1.97. The van der Waals surface area contributed by atoms with Gasteiger partial charge in [0.2, 0.25) is 5.66 Å². The Morgan fingerprint density at radius 2 is 1.92 bits per heavy atom. The zero-order chi connectivity index (χ0) is 10.4. The molecule has 0 bridgehead atoms. The summed E-state index contributed by atoms with van der Waals surface area (Å²) in [6.07, 6.45) is 0. The molecular weight excluding hydrogens is 172 g/mol. The fourth-order valence-corrected chi connectivity index (χ4v) is 1.33. The van der Waals surface area contributed by atoms with Crippen molar-refractivity contribution in [2.45, 2.75) is 38.9 Å². The quantitative estimate of drug-likeness (QED) is 0.653. The van der Waals surface area contributed by atoms with Gasteiger partial charge in [0.05, 0.1) is 5.54 Å². The van der Waals surface area contributed by atoms with E-state index in [4.69, 9.17) is 5.11 Å². The average molecular weight is 185 g/mol. The van der Waals surface area contributed by atoms with Crippen LogP contribution in [-0.2, 0) is 10.0 Å². The lowest BCUT2D eigenvalue weighted by atomic mass is 10.00. The van der Waals surface area contributed by atoms with Crippen LogP contribution in [0.3, 0.4) is 0 Å². The van der Waals surface area contributed by atoms with Crippen LogP contribution in [0.25, 0.3) is 0 Å². The number of hydrogen-bond donors (Lipinski definition) is 1. The maximum absolute atomic E-state index is 11.6. The van der Waals surface area contributed by atoms with Crippen LogP contribution in [0.4, 0.5) is 0 Å². The Hall–Kier alpha value is -0.940. The van der Waals surface area contributed by atoms with E-state index in [-0.39, 0.29) is 0 Å². The molecule has 0 aromatic heterocycles. The van der Waals surface area contributed by atoms with Crippen molar-refractivity contribution in [2.24, 2.45) is 4.99 Å². The maximum atomic E-state index is 11.6. The van der Waals surface area contributed by atoms with E-state index in [1.54, 1.807) is 20.8 Å². The van der Waals surface area contributed by atoms with Gasteiger partial charge in [-0.15, -0.1) is 10.3 Å². The number of hydrogen-bond acceptors (Lipinski definition) is 3. The molecular formula is C8H13N2O3. The summed E-state index contributed by atoms with van der Waals surface area (Å²) in [5.74, 6) is -1.22. The van der Waals surface area contributed by atoms with Gasteiger partial charge in [0.25, 0.3) is 0 Å². The zero-order valence-corrected chi connectivity index (χ0v) is 8.16. The third kappa shape index (κ3) is 1.15. The van der Waals surface area contributed by atoms with Gasteiger partial charge in [-0.1, -0.05) is 0 Å². The number of carboxylic acids is 1. The summed E-state index contributed by atoms with van der Waals surface area (Å²) in [5, 5.41) is 21.0. The van der Waals surface area contributed by atoms with Gasteiger partial charge in [0, 0.05) is 5.71 Å². The van der Waals surface area contributed by atoms with E-state index in [2.05, 4.69) is 4.99 Å². The smallest absolute Gasteiger partial charge is 0.348 e. The Bertz CT molecular complexity index is 285. The minimum Gasteiger partial charge on any atom is -0.478 e. The molecule has 5 heteroatoms. The molecule has 1 rings (SSSR count). The Labute approximate surface area is 76.6 Å². The lowest BCUT2D eigenvalue weighted by Gasteiger charge is -2.30. The van der Waals surface area contributed by atoms with Crippen molar-refractivity contribution in [2.75, 3.05) is 0 Å². The van der Waals surface area contributed by atoms with Crippen molar-refractivity contribution >= 4 is 11.7 Å². The van der Waals surface area contributed by atoms with Gasteiger partial charge < -0.3 is 5.11 Å². The highest BCUT2D eigenvalue weighted by molar-refractivity contribution is 5.96. The molecule has 5 nitrogen and oxygen atoms in total. The van der Waals surface area contributed by atoms with Crippen LogP contribution in [0.5, 0.6) is 0 Å². The summed E-state index contributed by atoms with van der Waals surface area (Å²) >= 11 is 0. The minimum absolute atomic E-state index is 0.525. The molecule has 1 atom stereocenters. The van der Waals surface area contributed by atoms with Gasteiger partial charge in [-0.3, -0.25) is 4.99 Å². The molecule has 1 N–H and O–H groups in total. The second-order valence-corrected chi connectivity index (χ2v) is 3.88. The summed E-state index contributed by atoms with van der Waals surface area (Å²) in [6.45, 7) is 6.29. The fraction of sp³-hybridized carbons (Fsp3) is 0.750. The largest absolute Gasteiger partial charge is 0.478 e. The van der Waals surface area contributed by atoms with Gasteiger partial charge >= 0.3 is 5.97 Å². The first-order valence-electron chi connectivity index (χ1n) is 4.00. The highest BCUT2D eigenvalue weighted by atomic mass is 16.5. The number of carbonyl (C=O) groups is 1. The number of aliphatic imine (C=N–C) groups is 1. The fourth-order valence-electron chi connectivity index (χ4n) is 1.33. The lowest BCUT2D eigenvalue weighted by Crippen LogP contribution is -2.53. The van der Waals surface area contributed by atoms with E-state index in [9.17, 15) is 10.0 Å². The Balaban J connectivity index is 3.17. The summed E-state index contributed by atoms with van der Waals surface area (Å²) in [4.78, 5) is 14.7. The molecule has 1 aliphatic rings. The summed E-state index contributed by atoms with van der Waals surface area (Å²) in [5.41, 5.74) is -1.94. The van der Waals surface area contributed by atoms with E-state index in [1.165, 1.54) is 6.92 Å². The van der Waals surface area contributed by atoms with E-state index in [0.29, 0.717) is 10.8 Å². The molecule has 13 heavy (non-hydrogen) atoms. The van der Waals surface area contributed by atoms with Crippen molar-refractivity contribution in [1.82, 2.24) is 5.06 Å². The van der Waals surface area contributed by atoms with Crippen LogP contribution >= 0.6 is 0 Å². The van der Waals surface area contributed by atoms with Crippen LogP contribution < -0.4 is 0 Å². The Morgan fingerprint density at radius 1 is 1.46 bits per heavy atom. The predicted molar refractivity (Wildman–Crippen MR) is 45.8 cm³/mol. The number of aliphatic carboxylic acids is 1. The molecule has 1 radical (unpaired) electrons. The highest BCUT2D eigenvalue weighted by Crippen LogP contribution is 2.33. The molecule has 0 aromatic carbocycles. The van der Waals surface area contributed by atoms with Crippen LogP contribution in [0.1, 0.15) is 27.7 Å². The van der Waals surface area contributed by atoms with Crippen molar-refractivity contribution < 1.29 is 15.1 Å². The molecule has 73 valence electrons. The number of hydroxylamine groups is 2. The number of nitrogens with zero attached hydrogens (tertiary/aromatic N) is 2. The molecule has 0 saturated carbocycles. The van der Waals surface area contributed by atoms with Gasteiger partial charge in [-0.2, -0.15) is 0 Å². The average Bonchev–Trinajstić information content (AvgIpc) is 2.14. The van der Waals surface area contributed by atoms with Crippen molar-refractivity contribution in [3.63, 3.8) is 0 Å². The molecule has 0 amide bonds. The first-order chi connectivity index (χ1) is 5.73. The third-order valence-corrected chi connectivity index (χ3v) is 2.58. The topological polar surface area (TPSA) is 72.8 Å². The second kappa shape index (κ2) is 2.52. The van der Waals surface area contributed by atoms with Crippen LogP contribution in [-0.4, -0.2) is 33.1 Å². The highest BCUT2D eigenvalue weighted by Gasteiger charge is 2.54. The normalized spacial score (nSPS) is 33.2. The molecule has 1 aliphatic heterocycles. The predicted octanol–water partition coefficient (Wildman–Crippen LogP) is 0.688. The van der Waals surface area contributed by atoms with Crippen molar-refractivity contribution in [1.29, 1.82) is 0 Å². The van der Waals surface area contributed by atoms with E-state index >= 15 is 0 Å². The second-order valence-electron chi connectivity index (χ2n) is 3.88. The summed E-state index contributed by atoms with van der Waals surface area (Å²) < 4.78 is 0. The van der Waals surface area contributed by atoms with Crippen molar-refractivity contribution in [3.8, 4) is 0 Å². The number of carboxylic acid groups (broad SMARTS) is 1. The van der Waals surface area contributed by atoms with Crippen LogP contribution in [0.15, 0.2) is 4.99 Å². The standard InChI is InChI=1S/C8H13N2O3/c1-5-7(2,3)10(13)8(4,9-5)6(11)12/h1-4H3,(H,11,12). The summed E-state index contributed by atoms with van der Waals surface area (Å²) in [6, 6.07) is 0. The molecule has 0 aliphatic carbocycles. The molecule has 0 saturated heterocycles. The zero-order valence-electron chi connectivity index (χ0n) is 8.16. The first-order valence-corrected chi connectivity index (χ1v) is 4.00. The Morgan fingerprint density at radius 3 is 2.08 bits per heavy atom. The molecule has 0 spiro atoms. The molecule has 0 fully saturated rings. The summed E-state index contributed by atoms with van der Waals surface area (Å²) in [7, 11) is 0. The SMILES string of the molecule is CC1=NC(C)(C(=O)O)N([O])C1(C)C.